The summed E-state index contributed by atoms with van der Waals surface area (Å²) in [5, 5.41) is 0. The standard InChI is InChI=1S/C19H34Br2O3/c1-3-5-6-7-8-9-10-12-16(20)17(21)13-11-14-19(15-24-19)18(22)23-4-2/h16-17H,3-15H2,1-2H3. The van der Waals surface area contributed by atoms with E-state index in [1.807, 2.05) is 6.92 Å². The highest BCUT2D eigenvalue weighted by atomic mass is 79.9. The Kier molecular flexibility index (Phi) is 11.9. The van der Waals surface area contributed by atoms with Crippen LogP contribution in [0.1, 0.15) is 84.5 Å². The quantitative estimate of drug-likeness (QED) is 0.125. The molecule has 1 heterocycles. The van der Waals surface area contributed by atoms with E-state index in [1.165, 1.54) is 51.4 Å². The maximum atomic E-state index is 11.8. The Hall–Kier alpha value is 0.390. The molecule has 0 amide bonds. The summed E-state index contributed by atoms with van der Waals surface area (Å²) in [4.78, 5) is 12.8. The molecule has 1 saturated heterocycles. The predicted molar refractivity (Wildman–Crippen MR) is 107 cm³/mol. The summed E-state index contributed by atoms with van der Waals surface area (Å²) in [5.74, 6) is -0.186. The number of epoxide rings is 1. The van der Waals surface area contributed by atoms with Crippen LogP contribution in [0.3, 0.4) is 0 Å². The highest BCUT2D eigenvalue weighted by Crippen LogP contribution is 2.35. The zero-order valence-corrected chi connectivity index (χ0v) is 18.5. The molecule has 1 aliphatic heterocycles. The van der Waals surface area contributed by atoms with E-state index in [1.54, 1.807) is 0 Å². The van der Waals surface area contributed by atoms with Gasteiger partial charge in [0.05, 0.1) is 13.2 Å². The molecule has 5 heteroatoms. The first-order chi connectivity index (χ1) is 11.6. The van der Waals surface area contributed by atoms with E-state index in [0.717, 1.165) is 19.3 Å². The van der Waals surface area contributed by atoms with Gasteiger partial charge in [-0.25, -0.2) is 4.79 Å². The SMILES string of the molecule is CCCCCCCCCC(Br)C(Br)CCCC1(C(=O)OCC)CO1. The molecule has 0 N–H and O–H groups in total. The van der Waals surface area contributed by atoms with Gasteiger partial charge in [-0.3, -0.25) is 0 Å². The normalized spacial score (nSPS) is 22.2. The maximum absolute atomic E-state index is 11.8. The second-order valence-corrected chi connectivity index (χ2v) is 9.19. The molecule has 3 atom stereocenters. The van der Waals surface area contributed by atoms with Gasteiger partial charge < -0.3 is 9.47 Å². The molecule has 1 aliphatic rings. The Morgan fingerprint density at radius 1 is 1.00 bits per heavy atom. The lowest BCUT2D eigenvalue weighted by Gasteiger charge is -2.17. The van der Waals surface area contributed by atoms with Gasteiger partial charge in [-0.15, -0.1) is 0 Å². The number of unbranched alkanes of at least 4 members (excludes halogenated alkanes) is 6. The number of carbonyl (C=O) groups excluding carboxylic acids is 1. The summed E-state index contributed by atoms with van der Waals surface area (Å²) >= 11 is 7.62. The summed E-state index contributed by atoms with van der Waals surface area (Å²) < 4.78 is 10.5. The Balaban J connectivity index is 2.06. The molecular formula is C19H34Br2O3. The number of carbonyl (C=O) groups is 1. The van der Waals surface area contributed by atoms with Crippen LogP contribution in [0.2, 0.25) is 0 Å². The Morgan fingerprint density at radius 2 is 1.54 bits per heavy atom. The number of rotatable bonds is 15. The van der Waals surface area contributed by atoms with E-state index in [0.29, 0.717) is 22.9 Å². The van der Waals surface area contributed by atoms with E-state index in [9.17, 15) is 4.79 Å². The van der Waals surface area contributed by atoms with Crippen molar-refractivity contribution in [1.29, 1.82) is 0 Å². The van der Waals surface area contributed by atoms with Crippen molar-refractivity contribution in [3.8, 4) is 0 Å². The topological polar surface area (TPSA) is 38.8 Å². The van der Waals surface area contributed by atoms with Crippen LogP contribution >= 0.6 is 31.9 Å². The van der Waals surface area contributed by atoms with Crippen LogP contribution < -0.4 is 0 Å². The van der Waals surface area contributed by atoms with Crippen molar-refractivity contribution in [2.24, 2.45) is 0 Å². The molecule has 142 valence electrons. The maximum Gasteiger partial charge on any atom is 0.340 e. The fourth-order valence-corrected chi connectivity index (χ4v) is 4.13. The van der Waals surface area contributed by atoms with Crippen molar-refractivity contribution in [3.63, 3.8) is 0 Å². The minimum atomic E-state index is -0.622. The molecule has 0 spiro atoms. The van der Waals surface area contributed by atoms with E-state index in [2.05, 4.69) is 38.8 Å². The third kappa shape index (κ3) is 8.66. The van der Waals surface area contributed by atoms with E-state index >= 15 is 0 Å². The average Bonchev–Trinajstić information content (AvgIpc) is 3.35. The van der Waals surface area contributed by atoms with Crippen molar-refractivity contribution in [1.82, 2.24) is 0 Å². The second-order valence-electron chi connectivity index (χ2n) is 6.84. The van der Waals surface area contributed by atoms with Gasteiger partial charge in [0.2, 0.25) is 0 Å². The Bertz CT molecular complexity index is 346. The van der Waals surface area contributed by atoms with Crippen LogP contribution in [0.15, 0.2) is 0 Å². The third-order valence-electron chi connectivity index (χ3n) is 4.68. The molecule has 0 aromatic heterocycles. The first-order valence-electron chi connectivity index (χ1n) is 9.65. The average molecular weight is 470 g/mol. The molecule has 3 unspecified atom stereocenters. The highest BCUT2D eigenvalue weighted by Gasteiger charge is 2.53. The molecule has 0 radical (unpaired) electrons. The summed E-state index contributed by atoms with van der Waals surface area (Å²) in [7, 11) is 0. The molecule has 3 nitrogen and oxygen atoms in total. The van der Waals surface area contributed by atoms with Gasteiger partial charge in [-0.2, -0.15) is 0 Å². The van der Waals surface area contributed by atoms with E-state index in [-0.39, 0.29) is 5.97 Å². The van der Waals surface area contributed by atoms with Crippen LogP contribution in [0.25, 0.3) is 0 Å². The molecule has 0 bridgehead atoms. The highest BCUT2D eigenvalue weighted by molar-refractivity contribution is 9.12. The van der Waals surface area contributed by atoms with Gasteiger partial charge in [0.25, 0.3) is 0 Å². The van der Waals surface area contributed by atoms with Gasteiger partial charge in [0.15, 0.2) is 5.60 Å². The first kappa shape index (κ1) is 22.4. The largest absolute Gasteiger partial charge is 0.464 e. The Morgan fingerprint density at radius 3 is 2.08 bits per heavy atom. The van der Waals surface area contributed by atoms with Crippen molar-refractivity contribution in [2.45, 2.75) is 99.7 Å². The van der Waals surface area contributed by atoms with E-state index in [4.69, 9.17) is 9.47 Å². The monoisotopic (exact) mass is 468 g/mol. The lowest BCUT2D eigenvalue weighted by molar-refractivity contribution is -0.149. The number of halogens is 2. The third-order valence-corrected chi connectivity index (χ3v) is 7.58. The molecule has 0 aromatic rings. The zero-order chi connectivity index (χ0) is 17.8. The van der Waals surface area contributed by atoms with Gasteiger partial charge >= 0.3 is 5.97 Å². The summed E-state index contributed by atoms with van der Waals surface area (Å²) in [6.45, 7) is 5.04. The van der Waals surface area contributed by atoms with Crippen molar-refractivity contribution in [3.05, 3.63) is 0 Å². The van der Waals surface area contributed by atoms with Gasteiger partial charge in [-0.1, -0.05) is 83.7 Å². The minimum absolute atomic E-state index is 0.186. The van der Waals surface area contributed by atoms with Crippen molar-refractivity contribution in [2.75, 3.05) is 13.2 Å². The molecule has 0 saturated carbocycles. The molecular weight excluding hydrogens is 436 g/mol. The van der Waals surface area contributed by atoms with Gasteiger partial charge in [-0.05, 0) is 32.6 Å². The second kappa shape index (κ2) is 12.7. The van der Waals surface area contributed by atoms with E-state index < -0.39 is 5.60 Å². The molecule has 1 rings (SSSR count). The lowest BCUT2D eigenvalue weighted by atomic mass is 10.00. The molecule has 24 heavy (non-hydrogen) atoms. The fourth-order valence-electron chi connectivity index (χ4n) is 2.95. The van der Waals surface area contributed by atoms with Crippen molar-refractivity contribution >= 4 is 37.8 Å². The zero-order valence-electron chi connectivity index (χ0n) is 15.3. The number of esters is 1. The number of alkyl halides is 2. The summed E-state index contributed by atoms with van der Waals surface area (Å²) in [5.41, 5.74) is -0.622. The smallest absolute Gasteiger partial charge is 0.340 e. The number of hydrogen-bond donors (Lipinski definition) is 0. The summed E-state index contributed by atoms with van der Waals surface area (Å²) in [6.07, 6.45) is 13.5. The Labute approximate surface area is 164 Å². The fraction of sp³-hybridized carbons (Fsp3) is 0.947. The molecule has 0 aromatic carbocycles. The van der Waals surface area contributed by atoms with Crippen LogP contribution in [-0.4, -0.2) is 34.4 Å². The molecule has 0 aliphatic carbocycles. The predicted octanol–water partition coefficient (Wildman–Crippen LogP) is 6.16. The minimum Gasteiger partial charge on any atom is -0.464 e. The van der Waals surface area contributed by atoms with Crippen LogP contribution in [-0.2, 0) is 14.3 Å². The number of hydrogen-bond acceptors (Lipinski definition) is 3. The van der Waals surface area contributed by atoms with Crippen LogP contribution in [0, 0.1) is 0 Å². The van der Waals surface area contributed by atoms with Gasteiger partial charge in [0.1, 0.15) is 0 Å². The first-order valence-corrected chi connectivity index (χ1v) is 11.5. The molecule has 1 fully saturated rings. The number of ether oxygens (including phenoxy) is 2. The van der Waals surface area contributed by atoms with Crippen molar-refractivity contribution < 1.29 is 14.3 Å². The van der Waals surface area contributed by atoms with Crippen LogP contribution in [0.5, 0.6) is 0 Å². The van der Waals surface area contributed by atoms with Gasteiger partial charge in [0, 0.05) is 9.65 Å². The lowest BCUT2D eigenvalue weighted by Crippen LogP contribution is -2.27. The summed E-state index contributed by atoms with van der Waals surface area (Å²) in [6, 6.07) is 0. The van der Waals surface area contributed by atoms with Crippen LogP contribution in [0.4, 0.5) is 0 Å².